The number of urea groups is 1. The van der Waals surface area contributed by atoms with E-state index in [-0.39, 0.29) is 6.03 Å². The summed E-state index contributed by atoms with van der Waals surface area (Å²) < 4.78 is 6.32. The third-order valence-corrected chi connectivity index (χ3v) is 6.39. The van der Waals surface area contributed by atoms with E-state index >= 15 is 0 Å². The Bertz CT molecular complexity index is 1190. The number of thiophene rings is 1. The molecular weight excluding hydrogens is 404 g/mol. The summed E-state index contributed by atoms with van der Waals surface area (Å²) in [6, 6.07) is 3.90. The van der Waals surface area contributed by atoms with Gasteiger partial charge in [0.25, 0.3) is 0 Å². The number of aromatic amines is 2. The quantitative estimate of drug-likeness (QED) is 0.460. The first-order valence-corrected chi connectivity index (χ1v) is 10.6. The second kappa shape index (κ2) is 7.58. The predicted octanol–water partition coefficient (Wildman–Crippen LogP) is 2.42. The summed E-state index contributed by atoms with van der Waals surface area (Å²) in [6.45, 7) is 5.29. The molecule has 5 heterocycles. The molecule has 1 aliphatic rings. The molecule has 11 heteroatoms. The van der Waals surface area contributed by atoms with Crippen molar-refractivity contribution >= 4 is 44.4 Å². The summed E-state index contributed by atoms with van der Waals surface area (Å²) in [6.07, 6.45) is 1.72. The summed E-state index contributed by atoms with van der Waals surface area (Å²) >= 11 is 1.60. The van der Waals surface area contributed by atoms with Crippen LogP contribution in [0.1, 0.15) is 12.7 Å². The first kappa shape index (κ1) is 18.8. The molecule has 0 radical (unpaired) electrons. The fourth-order valence-electron chi connectivity index (χ4n) is 3.65. The maximum atomic E-state index is 12.9. The number of nitrogens with one attached hydrogen (secondary N) is 2. The van der Waals surface area contributed by atoms with E-state index in [9.17, 15) is 4.79 Å². The van der Waals surface area contributed by atoms with Gasteiger partial charge in [0.05, 0.1) is 46.1 Å². The Labute approximate surface area is 176 Å². The Hall–Kier alpha value is -3.18. The third-order valence-electron chi connectivity index (χ3n) is 5.22. The lowest BCUT2D eigenvalue weighted by atomic mass is 10.3. The summed E-state index contributed by atoms with van der Waals surface area (Å²) in [5.74, 6) is 1.06. The van der Waals surface area contributed by atoms with E-state index in [2.05, 4.69) is 25.1 Å². The van der Waals surface area contributed by atoms with Crippen molar-refractivity contribution in [3.63, 3.8) is 0 Å². The Balaban J connectivity index is 1.48. The monoisotopic (exact) mass is 426 g/mol. The number of nitrogen functional groups attached to an aromatic ring is 1. The van der Waals surface area contributed by atoms with Gasteiger partial charge in [-0.05, 0) is 19.1 Å². The van der Waals surface area contributed by atoms with Crippen molar-refractivity contribution in [2.24, 2.45) is 0 Å². The molecule has 4 aromatic heterocycles. The maximum Gasteiger partial charge on any atom is 0.320 e. The van der Waals surface area contributed by atoms with Crippen LogP contribution in [0.4, 0.5) is 10.6 Å². The minimum atomic E-state index is -0.00449. The number of anilines is 1. The molecule has 0 saturated carbocycles. The molecule has 0 spiro atoms. The number of ether oxygens (including phenoxy) is 1. The molecule has 2 amide bonds. The number of nitrogens with zero attached hydrogens (tertiary/aromatic N) is 5. The number of imidazole rings is 1. The van der Waals surface area contributed by atoms with Crippen LogP contribution in [0.25, 0.3) is 31.8 Å². The number of H-pyrrole nitrogens is 2. The normalized spacial score (nSPS) is 14.6. The summed E-state index contributed by atoms with van der Waals surface area (Å²) in [5, 5.41) is 6.99. The topological polar surface area (TPSA) is 129 Å². The molecule has 0 aromatic carbocycles. The van der Waals surface area contributed by atoms with Crippen LogP contribution < -0.4 is 5.73 Å². The molecular formula is C19H22N8O2S. The van der Waals surface area contributed by atoms with Crippen molar-refractivity contribution in [2.45, 2.75) is 13.5 Å². The average Bonchev–Trinajstić information content (AvgIpc) is 3.51. The van der Waals surface area contributed by atoms with E-state index in [1.165, 1.54) is 0 Å². The number of rotatable bonds is 4. The van der Waals surface area contributed by atoms with Gasteiger partial charge in [-0.15, -0.1) is 11.3 Å². The molecule has 4 N–H and O–H groups in total. The van der Waals surface area contributed by atoms with Crippen LogP contribution in [0.15, 0.2) is 18.3 Å². The van der Waals surface area contributed by atoms with Crippen LogP contribution in [0.5, 0.6) is 0 Å². The molecule has 0 unspecified atom stereocenters. The lowest BCUT2D eigenvalue weighted by Gasteiger charge is -2.32. The van der Waals surface area contributed by atoms with Gasteiger partial charge in [0.1, 0.15) is 11.3 Å². The van der Waals surface area contributed by atoms with Crippen LogP contribution in [0.2, 0.25) is 0 Å². The Morgan fingerprint density at radius 1 is 1.37 bits per heavy atom. The number of carbonyl (C=O) groups is 1. The van der Waals surface area contributed by atoms with Crippen molar-refractivity contribution in [1.29, 1.82) is 0 Å². The van der Waals surface area contributed by atoms with Gasteiger partial charge in [-0.25, -0.2) is 14.8 Å². The molecule has 0 aliphatic carbocycles. The molecule has 0 atom stereocenters. The zero-order valence-corrected chi connectivity index (χ0v) is 17.3. The molecule has 10 nitrogen and oxygen atoms in total. The van der Waals surface area contributed by atoms with Gasteiger partial charge in [0, 0.05) is 25.8 Å². The van der Waals surface area contributed by atoms with Crippen molar-refractivity contribution < 1.29 is 9.53 Å². The largest absolute Gasteiger partial charge is 0.382 e. The van der Waals surface area contributed by atoms with Gasteiger partial charge in [0.15, 0.2) is 5.82 Å². The highest BCUT2D eigenvalue weighted by atomic mass is 32.1. The molecule has 30 heavy (non-hydrogen) atoms. The fraction of sp³-hybridized carbons (Fsp3) is 0.368. The lowest BCUT2D eigenvalue weighted by molar-refractivity contribution is 0.0429. The fourth-order valence-corrected chi connectivity index (χ4v) is 4.72. The highest BCUT2D eigenvalue weighted by Crippen LogP contribution is 2.36. The Morgan fingerprint density at radius 3 is 2.93 bits per heavy atom. The number of nitrogens with two attached hydrogens (primary N) is 1. The number of aromatic nitrogens is 5. The zero-order chi connectivity index (χ0) is 20.7. The van der Waals surface area contributed by atoms with Crippen molar-refractivity contribution in [3.8, 4) is 10.6 Å². The second-order valence-electron chi connectivity index (χ2n) is 7.10. The lowest BCUT2D eigenvalue weighted by Crippen LogP contribution is -2.47. The molecule has 5 rings (SSSR count). The third kappa shape index (κ3) is 3.25. The van der Waals surface area contributed by atoms with Crippen LogP contribution in [0, 0.1) is 0 Å². The van der Waals surface area contributed by atoms with Crippen LogP contribution >= 0.6 is 11.3 Å². The standard InChI is InChI=1S/C19H22N8O2S/c1-2-26(19(28)27-5-7-29-8-6-27)10-14-23-15-16(24-14)18(20)22-12-9-13(30-17(12)15)11-3-4-21-25-11/h3-4,9H,2,5-8,10H2,1H3,(H2,20,22)(H,21,25)(H,23,24). The molecule has 156 valence electrons. The van der Waals surface area contributed by atoms with Crippen LogP contribution in [-0.4, -0.2) is 73.8 Å². The molecule has 0 bridgehead atoms. The van der Waals surface area contributed by atoms with Crippen LogP contribution in [-0.2, 0) is 11.3 Å². The highest BCUT2D eigenvalue weighted by Gasteiger charge is 2.23. The minimum Gasteiger partial charge on any atom is -0.382 e. The van der Waals surface area contributed by atoms with Gasteiger partial charge in [-0.3, -0.25) is 5.10 Å². The summed E-state index contributed by atoms with van der Waals surface area (Å²) in [7, 11) is 0. The number of fused-ring (bicyclic) bond motifs is 3. The summed E-state index contributed by atoms with van der Waals surface area (Å²) in [4.78, 5) is 30.0. The number of pyridine rings is 1. The highest BCUT2D eigenvalue weighted by molar-refractivity contribution is 7.23. The zero-order valence-electron chi connectivity index (χ0n) is 16.5. The smallest absolute Gasteiger partial charge is 0.320 e. The van der Waals surface area contributed by atoms with E-state index in [0.717, 1.165) is 26.3 Å². The second-order valence-corrected chi connectivity index (χ2v) is 8.15. The number of hydrogen-bond acceptors (Lipinski definition) is 7. The maximum absolute atomic E-state index is 12.9. The first-order chi connectivity index (χ1) is 14.6. The number of carbonyl (C=O) groups excluding carboxylic acids is 1. The molecule has 1 saturated heterocycles. The van der Waals surface area contributed by atoms with Gasteiger partial charge < -0.3 is 25.3 Å². The number of amides is 2. The minimum absolute atomic E-state index is 0.00449. The van der Waals surface area contributed by atoms with E-state index in [4.69, 9.17) is 10.5 Å². The number of morpholine rings is 1. The van der Waals surface area contributed by atoms with Crippen molar-refractivity contribution in [1.82, 2.24) is 34.9 Å². The SMILES string of the molecule is CCN(Cc1nc2c(N)nc3cc(-c4ccn[nH]4)sc3c2[nH]1)C(=O)N1CCOCC1. The van der Waals surface area contributed by atoms with E-state index in [1.54, 1.807) is 22.4 Å². The van der Waals surface area contributed by atoms with Gasteiger partial charge >= 0.3 is 6.03 Å². The van der Waals surface area contributed by atoms with Gasteiger partial charge in [-0.2, -0.15) is 5.10 Å². The van der Waals surface area contributed by atoms with E-state index in [1.807, 2.05) is 24.0 Å². The van der Waals surface area contributed by atoms with E-state index < -0.39 is 0 Å². The molecule has 1 aliphatic heterocycles. The summed E-state index contributed by atoms with van der Waals surface area (Å²) in [5.41, 5.74) is 9.40. The number of hydrogen-bond donors (Lipinski definition) is 3. The Kier molecular flexibility index (Phi) is 4.75. The average molecular weight is 427 g/mol. The van der Waals surface area contributed by atoms with Gasteiger partial charge in [-0.1, -0.05) is 0 Å². The first-order valence-electron chi connectivity index (χ1n) is 9.83. The van der Waals surface area contributed by atoms with Crippen molar-refractivity contribution in [2.75, 3.05) is 38.6 Å². The molecule has 1 fully saturated rings. The van der Waals surface area contributed by atoms with Crippen LogP contribution in [0.3, 0.4) is 0 Å². The predicted molar refractivity (Wildman–Crippen MR) is 115 cm³/mol. The van der Waals surface area contributed by atoms with Crippen molar-refractivity contribution in [3.05, 3.63) is 24.2 Å². The Morgan fingerprint density at radius 2 is 2.20 bits per heavy atom. The van der Waals surface area contributed by atoms with Gasteiger partial charge in [0.2, 0.25) is 0 Å². The van der Waals surface area contributed by atoms with E-state index in [0.29, 0.717) is 56.6 Å². The molecule has 4 aromatic rings.